The van der Waals surface area contributed by atoms with Crippen molar-refractivity contribution in [3.8, 4) is 11.1 Å². The Balaban J connectivity index is 1.20. The van der Waals surface area contributed by atoms with Crippen molar-refractivity contribution < 1.29 is 8.83 Å². The van der Waals surface area contributed by atoms with Crippen LogP contribution in [0, 0.1) is 0 Å². The predicted molar refractivity (Wildman–Crippen MR) is 178 cm³/mol. The first kappa shape index (κ1) is 24.6. The maximum absolute atomic E-state index is 6.50. The number of para-hydroxylation sites is 2. The van der Waals surface area contributed by atoms with E-state index in [0.29, 0.717) is 0 Å². The number of amidine groups is 2. The highest BCUT2D eigenvalue weighted by molar-refractivity contribution is 6.18. The Bertz CT molecular complexity index is 2360. The summed E-state index contributed by atoms with van der Waals surface area (Å²) in [6.45, 7) is 0. The second-order valence-electron chi connectivity index (χ2n) is 11.0. The van der Waals surface area contributed by atoms with Crippen molar-refractivity contribution >= 4 is 55.5 Å². The van der Waals surface area contributed by atoms with Gasteiger partial charge >= 0.3 is 0 Å². The van der Waals surface area contributed by atoms with E-state index in [1.165, 1.54) is 0 Å². The van der Waals surface area contributed by atoms with Gasteiger partial charge in [-0.25, -0.2) is 9.98 Å². The van der Waals surface area contributed by atoms with Gasteiger partial charge in [0.05, 0.1) is 0 Å². The summed E-state index contributed by atoms with van der Waals surface area (Å²) in [7, 11) is 0. The molecule has 0 spiro atoms. The van der Waals surface area contributed by atoms with Gasteiger partial charge < -0.3 is 14.2 Å². The van der Waals surface area contributed by atoms with Gasteiger partial charge in [0.15, 0.2) is 6.17 Å². The van der Waals surface area contributed by atoms with Crippen LogP contribution in [0.1, 0.15) is 22.9 Å². The lowest BCUT2D eigenvalue weighted by Gasteiger charge is -2.22. The van der Waals surface area contributed by atoms with Crippen molar-refractivity contribution in [3.63, 3.8) is 0 Å². The number of hydrogen-bond acceptors (Lipinski definition) is 5. The number of nitrogens with zero attached hydrogens (tertiary/aromatic N) is 2. The second kappa shape index (κ2) is 9.82. The Labute approximate surface area is 252 Å². The van der Waals surface area contributed by atoms with E-state index >= 15 is 0 Å². The van der Waals surface area contributed by atoms with Gasteiger partial charge in [-0.2, -0.15) is 0 Å². The lowest BCUT2D eigenvalue weighted by molar-refractivity contribution is 0.665. The van der Waals surface area contributed by atoms with Crippen LogP contribution in [0.3, 0.4) is 0 Å². The molecular weight excluding hydrogens is 542 g/mol. The highest BCUT2D eigenvalue weighted by atomic mass is 16.3. The number of aliphatic imine (C=N–C) groups is 2. The van der Waals surface area contributed by atoms with Crippen molar-refractivity contribution in [1.82, 2.24) is 5.32 Å². The molecule has 0 bridgehead atoms. The first-order valence-electron chi connectivity index (χ1n) is 14.7. The summed E-state index contributed by atoms with van der Waals surface area (Å²) in [4.78, 5) is 10.1. The molecule has 0 atom stereocenters. The van der Waals surface area contributed by atoms with Crippen molar-refractivity contribution in [2.24, 2.45) is 9.98 Å². The van der Waals surface area contributed by atoms with Crippen LogP contribution in [0.2, 0.25) is 0 Å². The lowest BCUT2D eigenvalue weighted by atomic mass is 9.97. The van der Waals surface area contributed by atoms with Gasteiger partial charge in [-0.15, -0.1) is 0 Å². The molecule has 8 aromatic rings. The molecule has 0 radical (unpaired) electrons. The highest BCUT2D eigenvalue weighted by Gasteiger charge is 2.23. The summed E-state index contributed by atoms with van der Waals surface area (Å²) in [6, 6.07) is 47.4. The molecule has 0 aliphatic carbocycles. The van der Waals surface area contributed by atoms with E-state index in [-0.39, 0.29) is 0 Å². The average molecular weight is 568 g/mol. The molecule has 208 valence electrons. The molecule has 5 heteroatoms. The van der Waals surface area contributed by atoms with Gasteiger partial charge in [-0.05, 0) is 23.8 Å². The zero-order valence-corrected chi connectivity index (χ0v) is 23.6. The van der Waals surface area contributed by atoms with Crippen LogP contribution in [0.4, 0.5) is 0 Å². The molecule has 9 rings (SSSR count). The normalized spacial score (nSPS) is 13.8. The number of hydrogen-bond donors (Lipinski definition) is 1. The molecule has 2 aromatic heterocycles. The Kier molecular flexibility index (Phi) is 5.50. The summed E-state index contributed by atoms with van der Waals surface area (Å²) < 4.78 is 12.9. The monoisotopic (exact) mass is 567 g/mol. The van der Waals surface area contributed by atoms with Gasteiger partial charge in [0.1, 0.15) is 34.0 Å². The predicted octanol–water partition coefficient (Wildman–Crippen LogP) is 9.65. The van der Waals surface area contributed by atoms with E-state index in [4.69, 9.17) is 18.8 Å². The van der Waals surface area contributed by atoms with Gasteiger partial charge in [-0.3, -0.25) is 0 Å². The number of benzene rings is 6. The van der Waals surface area contributed by atoms with Crippen molar-refractivity contribution in [2.75, 3.05) is 0 Å². The van der Waals surface area contributed by atoms with E-state index in [0.717, 1.165) is 83.4 Å². The van der Waals surface area contributed by atoms with Crippen LogP contribution in [0.25, 0.3) is 55.0 Å². The molecule has 5 nitrogen and oxygen atoms in total. The quantitative estimate of drug-likeness (QED) is 0.230. The van der Waals surface area contributed by atoms with Crippen molar-refractivity contribution in [2.45, 2.75) is 6.17 Å². The molecule has 0 fully saturated rings. The van der Waals surface area contributed by atoms with Crippen LogP contribution in [0.15, 0.2) is 158 Å². The van der Waals surface area contributed by atoms with Crippen molar-refractivity contribution in [1.29, 1.82) is 0 Å². The maximum atomic E-state index is 6.50. The fourth-order valence-corrected chi connectivity index (χ4v) is 6.27. The van der Waals surface area contributed by atoms with E-state index in [2.05, 4.69) is 78.1 Å². The van der Waals surface area contributed by atoms with Gasteiger partial charge in [0, 0.05) is 43.8 Å². The minimum atomic E-state index is -0.428. The van der Waals surface area contributed by atoms with E-state index in [9.17, 15) is 0 Å². The third-order valence-corrected chi connectivity index (χ3v) is 8.35. The van der Waals surface area contributed by atoms with Crippen LogP contribution < -0.4 is 5.32 Å². The molecule has 0 unspecified atom stereocenters. The van der Waals surface area contributed by atoms with E-state index in [1.54, 1.807) is 0 Å². The lowest BCUT2D eigenvalue weighted by Crippen LogP contribution is -2.35. The second-order valence-corrected chi connectivity index (χ2v) is 11.0. The Morgan fingerprint density at radius 1 is 0.477 bits per heavy atom. The third kappa shape index (κ3) is 3.94. The Hall–Kier alpha value is -5.94. The fourth-order valence-electron chi connectivity index (χ4n) is 6.27. The molecule has 1 aliphatic rings. The summed E-state index contributed by atoms with van der Waals surface area (Å²) in [5.41, 5.74) is 8.50. The minimum absolute atomic E-state index is 0.428. The first-order chi connectivity index (χ1) is 21.8. The fraction of sp³-hybridized carbons (Fsp3) is 0.0256. The standard InChI is InChI=1S/C39H25N3O2/c1-3-11-24(12-4-1)37-40-38(25-13-5-2-6-14-25)42-39(41-37)26-21-22-31-34(23-26)43-33-20-10-16-28(35(31)33)30-18-9-17-29-27-15-7-8-19-32(27)44-36(29)30/h1-23,39H,(H,40,41,42). The van der Waals surface area contributed by atoms with Crippen LogP contribution in [0.5, 0.6) is 0 Å². The number of nitrogens with one attached hydrogen (secondary N) is 1. The number of rotatable bonds is 4. The molecule has 6 aromatic carbocycles. The maximum Gasteiger partial charge on any atom is 0.169 e. The summed E-state index contributed by atoms with van der Waals surface area (Å²) in [5, 5.41) is 7.79. The molecule has 1 N–H and O–H groups in total. The smallest absolute Gasteiger partial charge is 0.169 e. The Morgan fingerprint density at radius 2 is 1.11 bits per heavy atom. The summed E-state index contributed by atoms with van der Waals surface area (Å²) >= 11 is 0. The molecule has 0 saturated carbocycles. The zero-order chi connectivity index (χ0) is 29.0. The van der Waals surface area contributed by atoms with E-state index < -0.39 is 6.17 Å². The van der Waals surface area contributed by atoms with Gasteiger partial charge in [-0.1, -0.05) is 121 Å². The average Bonchev–Trinajstić information content (AvgIpc) is 3.67. The molecule has 44 heavy (non-hydrogen) atoms. The third-order valence-electron chi connectivity index (χ3n) is 8.35. The minimum Gasteiger partial charge on any atom is -0.456 e. The highest BCUT2D eigenvalue weighted by Crippen LogP contribution is 2.42. The first-order valence-corrected chi connectivity index (χ1v) is 14.7. The summed E-state index contributed by atoms with van der Waals surface area (Å²) in [6.07, 6.45) is -0.428. The topological polar surface area (TPSA) is 63.0 Å². The zero-order valence-electron chi connectivity index (χ0n) is 23.6. The van der Waals surface area contributed by atoms with Crippen LogP contribution in [-0.4, -0.2) is 11.7 Å². The molecule has 0 saturated heterocycles. The van der Waals surface area contributed by atoms with Crippen molar-refractivity contribution in [3.05, 3.63) is 156 Å². The Morgan fingerprint density at radius 3 is 1.89 bits per heavy atom. The number of fused-ring (bicyclic) bond motifs is 6. The molecular formula is C39H25N3O2. The number of furan rings is 2. The van der Waals surface area contributed by atoms with Gasteiger partial charge in [0.25, 0.3) is 0 Å². The van der Waals surface area contributed by atoms with Gasteiger partial charge in [0.2, 0.25) is 0 Å². The van der Waals surface area contributed by atoms with Crippen LogP contribution >= 0.6 is 0 Å². The molecule has 3 heterocycles. The SMILES string of the molecule is c1ccc(C2=NC(c3ccc4c(c3)oc3cccc(-c5cccc6c5oc5ccccc56)c34)N=C(c3ccccc3)N2)cc1. The van der Waals surface area contributed by atoms with Crippen LogP contribution in [-0.2, 0) is 0 Å². The molecule has 0 amide bonds. The summed E-state index contributed by atoms with van der Waals surface area (Å²) in [5.74, 6) is 1.57. The van der Waals surface area contributed by atoms with E-state index in [1.807, 2.05) is 66.7 Å². The molecule has 1 aliphatic heterocycles. The largest absolute Gasteiger partial charge is 0.456 e.